The third-order valence-electron chi connectivity index (χ3n) is 4.20. The number of nitrogens with one attached hydrogen (secondary N) is 3. The molecule has 1 saturated carbocycles. The predicted molar refractivity (Wildman–Crippen MR) is 99.2 cm³/mol. The van der Waals surface area contributed by atoms with E-state index < -0.39 is 10.0 Å². The fourth-order valence-electron chi connectivity index (χ4n) is 2.80. The molecule has 1 fully saturated rings. The van der Waals surface area contributed by atoms with Crippen LogP contribution in [0.4, 0.5) is 0 Å². The molecular weight excluding hydrogens is 354 g/mol. The van der Waals surface area contributed by atoms with Crippen molar-refractivity contribution < 1.29 is 18.0 Å². The minimum atomic E-state index is -3.61. The van der Waals surface area contributed by atoms with Gasteiger partial charge in [0.15, 0.2) is 0 Å². The van der Waals surface area contributed by atoms with Gasteiger partial charge >= 0.3 is 0 Å². The summed E-state index contributed by atoms with van der Waals surface area (Å²) in [7, 11) is -3.61. The van der Waals surface area contributed by atoms with Gasteiger partial charge < -0.3 is 10.6 Å². The zero-order valence-corrected chi connectivity index (χ0v) is 15.5. The zero-order chi connectivity index (χ0) is 19.0. The summed E-state index contributed by atoms with van der Waals surface area (Å²) in [4.78, 5) is 24.0. The molecular formula is C18H25N3O4S. The maximum Gasteiger partial charge on any atom is 0.251 e. The average Bonchev–Trinajstić information content (AvgIpc) is 3.13. The van der Waals surface area contributed by atoms with Crippen molar-refractivity contribution >= 4 is 21.8 Å². The molecule has 0 bridgehead atoms. The van der Waals surface area contributed by atoms with Crippen LogP contribution in [0.2, 0.25) is 0 Å². The van der Waals surface area contributed by atoms with Crippen LogP contribution in [0, 0.1) is 0 Å². The lowest BCUT2D eigenvalue weighted by Gasteiger charge is -2.12. The van der Waals surface area contributed by atoms with Gasteiger partial charge in [0.2, 0.25) is 15.9 Å². The Bertz CT molecular complexity index is 738. The number of hydrogen-bond donors (Lipinski definition) is 3. The second-order valence-corrected chi connectivity index (χ2v) is 7.99. The number of carbonyl (C=O) groups is 2. The molecule has 1 aromatic rings. The van der Waals surface area contributed by atoms with Crippen molar-refractivity contribution in [2.24, 2.45) is 0 Å². The lowest BCUT2D eigenvalue weighted by molar-refractivity contribution is -0.121. The van der Waals surface area contributed by atoms with E-state index in [0.717, 1.165) is 25.7 Å². The molecule has 8 heteroatoms. The molecule has 0 spiro atoms. The van der Waals surface area contributed by atoms with Gasteiger partial charge in [-0.05, 0) is 37.1 Å². The molecule has 26 heavy (non-hydrogen) atoms. The number of sulfonamides is 1. The van der Waals surface area contributed by atoms with Crippen LogP contribution in [-0.4, -0.2) is 39.4 Å². The van der Waals surface area contributed by atoms with Crippen LogP contribution < -0.4 is 15.4 Å². The molecule has 1 aromatic carbocycles. The highest BCUT2D eigenvalue weighted by molar-refractivity contribution is 7.89. The van der Waals surface area contributed by atoms with Gasteiger partial charge in [-0.1, -0.05) is 18.9 Å². The van der Waals surface area contributed by atoms with E-state index >= 15 is 0 Å². The van der Waals surface area contributed by atoms with Crippen molar-refractivity contribution in [1.82, 2.24) is 15.4 Å². The first-order valence-corrected chi connectivity index (χ1v) is 10.2. The minimum Gasteiger partial charge on any atom is -0.353 e. The highest BCUT2D eigenvalue weighted by atomic mass is 32.2. The van der Waals surface area contributed by atoms with E-state index in [1.54, 1.807) is 0 Å². The van der Waals surface area contributed by atoms with Crippen LogP contribution in [0.25, 0.3) is 0 Å². The fraction of sp³-hybridized carbons (Fsp3) is 0.444. The molecule has 0 atom stereocenters. The Kier molecular flexibility index (Phi) is 7.35. The van der Waals surface area contributed by atoms with Crippen molar-refractivity contribution in [2.75, 3.05) is 13.1 Å². The smallest absolute Gasteiger partial charge is 0.251 e. The standard InChI is InChI=1S/C18H25N3O4S/c1-2-12-20-26(24,25)16-9-7-14(8-10-16)18(23)19-13-11-17(22)21-15-5-3-4-6-15/h2,7-10,15,20H,1,3-6,11-13H2,(H,19,23)(H,21,22). The van der Waals surface area contributed by atoms with Gasteiger partial charge in [0.05, 0.1) is 4.90 Å². The van der Waals surface area contributed by atoms with E-state index in [1.807, 2.05) is 0 Å². The van der Waals surface area contributed by atoms with Gasteiger partial charge in [0.25, 0.3) is 5.91 Å². The summed E-state index contributed by atoms with van der Waals surface area (Å²) >= 11 is 0. The molecule has 3 N–H and O–H groups in total. The summed E-state index contributed by atoms with van der Waals surface area (Å²) in [5.41, 5.74) is 0.337. The summed E-state index contributed by atoms with van der Waals surface area (Å²) in [6.45, 7) is 3.82. The monoisotopic (exact) mass is 379 g/mol. The Hall–Kier alpha value is -2.19. The molecule has 142 valence electrons. The number of benzene rings is 1. The molecule has 0 aromatic heterocycles. The van der Waals surface area contributed by atoms with E-state index in [4.69, 9.17) is 0 Å². The summed E-state index contributed by atoms with van der Waals surface area (Å²) in [6.07, 6.45) is 6.01. The quantitative estimate of drug-likeness (QED) is 0.563. The predicted octanol–water partition coefficient (Wildman–Crippen LogP) is 1.33. The topological polar surface area (TPSA) is 104 Å². The third-order valence-corrected chi connectivity index (χ3v) is 5.64. The second kappa shape index (κ2) is 9.49. The van der Waals surface area contributed by atoms with Crippen molar-refractivity contribution in [1.29, 1.82) is 0 Å². The largest absolute Gasteiger partial charge is 0.353 e. The Labute approximate surface area is 154 Å². The maximum absolute atomic E-state index is 12.1. The Morgan fingerprint density at radius 3 is 2.42 bits per heavy atom. The lowest BCUT2D eigenvalue weighted by atomic mass is 10.2. The summed E-state index contributed by atoms with van der Waals surface area (Å²) in [6, 6.07) is 5.88. The van der Waals surface area contributed by atoms with Crippen molar-refractivity contribution in [3.05, 3.63) is 42.5 Å². The van der Waals surface area contributed by atoms with Crippen LogP contribution >= 0.6 is 0 Å². The average molecular weight is 379 g/mol. The van der Waals surface area contributed by atoms with E-state index in [1.165, 1.54) is 30.3 Å². The van der Waals surface area contributed by atoms with Crippen LogP contribution in [0.3, 0.4) is 0 Å². The highest BCUT2D eigenvalue weighted by Crippen LogP contribution is 2.17. The normalized spacial score (nSPS) is 14.8. The van der Waals surface area contributed by atoms with Crippen molar-refractivity contribution in [2.45, 2.75) is 43.0 Å². The zero-order valence-electron chi connectivity index (χ0n) is 14.7. The van der Waals surface area contributed by atoms with Gasteiger partial charge in [0, 0.05) is 31.1 Å². The first-order valence-electron chi connectivity index (χ1n) is 8.70. The van der Waals surface area contributed by atoms with Crippen LogP contribution in [0.15, 0.2) is 41.8 Å². The first-order chi connectivity index (χ1) is 12.4. The van der Waals surface area contributed by atoms with Gasteiger partial charge in [-0.15, -0.1) is 6.58 Å². The first kappa shape index (κ1) is 20.1. The number of hydrogen-bond acceptors (Lipinski definition) is 4. The van der Waals surface area contributed by atoms with E-state index in [0.29, 0.717) is 5.56 Å². The molecule has 1 aliphatic rings. The molecule has 0 aliphatic heterocycles. The Morgan fingerprint density at radius 2 is 1.81 bits per heavy atom. The van der Waals surface area contributed by atoms with Crippen LogP contribution in [0.5, 0.6) is 0 Å². The van der Waals surface area contributed by atoms with Gasteiger partial charge in [0.1, 0.15) is 0 Å². The summed E-state index contributed by atoms with van der Waals surface area (Å²) < 4.78 is 26.3. The SMILES string of the molecule is C=CCNS(=O)(=O)c1ccc(C(=O)NCCC(=O)NC2CCCC2)cc1. The maximum atomic E-state index is 12.1. The summed E-state index contributed by atoms with van der Waals surface area (Å²) in [5, 5.41) is 5.63. The molecule has 0 heterocycles. The third kappa shape index (κ3) is 5.96. The highest BCUT2D eigenvalue weighted by Gasteiger charge is 2.17. The fourth-order valence-corrected chi connectivity index (χ4v) is 3.80. The molecule has 7 nitrogen and oxygen atoms in total. The van der Waals surface area contributed by atoms with Crippen molar-refractivity contribution in [3.8, 4) is 0 Å². The van der Waals surface area contributed by atoms with E-state index in [2.05, 4.69) is 21.9 Å². The molecule has 2 amide bonds. The molecule has 0 unspecified atom stereocenters. The Balaban J connectivity index is 1.80. The molecule has 2 rings (SSSR count). The van der Waals surface area contributed by atoms with Crippen LogP contribution in [0.1, 0.15) is 42.5 Å². The van der Waals surface area contributed by atoms with Crippen LogP contribution in [-0.2, 0) is 14.8 Å². The number of carbonyl (C=O) groups excluding carboxylic acids is 2. The van der Waals surface area contributed by atoms with E-state index in [-0.39, 0.29) is 42.3 Å². The van der Waals surface area contributed by atoms with E-state index in [9.17, 15) is 18.0 Å². The summed E-state index contributed by atoms with van der Waals surface area (Å²) in [5.74, 6) is -0.409. The van der Waals surface area contributed by atoms with Gasteiger partial charge in [-0.3, -0.25) is 9.59 Å². The number of amides is 2. The molecule has 1 aliphatic carbocycles. The number of rotatable bonds is 9. The second-order valence-electron chi connectivity index (χ2n) is 6.22. The molecule has 0 radical (unpaired) electrons. The minimum absolute atomic E-state index is 0.0630. The molecule has 0 saturated heterocycles. The van der Waals surface area contributed by atoms with Gasteiger partial charge in [-0.2, -0.15) is 0 Å². The lowest BCUT2D eigenvalue weighted by Crippen LogP contribution is -2.35. The van der Waals surface area contributed by atoms with Gasteiger partial charge in [-0.25, -0.2) is 13.1 Å². The van der Waals surface area contributed by atoms with Crippen molar-refractivity contribution in [3.63, 3.8) is 0 Å². The Morgan fingerprint density at radius 1 is 1.15 bits per heavy atom.